The summed E-state index contributed by atoms with van der Waals surface area (Å²) in [7, 11) is 0. The van der Waals surface area contributed by atoms with Crippen molar-refractivity contribution in [3.8, 4) is 0 Å². The third kappa shape index (κ3) is 9.30. The Bertz CT molecular complexity index is 152. The van der Waals surface area contributed by atoms with Crippen LogP contribution in [0.5, 0.6) is 0 Å². The number of nitrogens with two attached hydrogens (primary N) is 1. The van der Waals surface area contributed by atoms with E-state index in [1.165, 1.54) is 0 Å². The quantitative estimate of drug-likeness (QED) is 0.292. The topological polar surface area (TPSA) is 64.3 Å². The predicted molar refractivity (Wildman–Crippen MR) is 51.9 cm³/mol. The summed E-state index contributed by atoms with van der Waals surface area (Å²) < 4.78 is 5.13. The molecular formula is C9H20N2O2. The maximum absolute atomic E-state index is 11.1. The number of nitrogens with one attached hydrogen (secondary N) is 1. The number of carbonyl (C=O) groups excluding carboxylic acids is 1. The molecule has 4 nitrogen and oxygen atoms in total. The Hall–Kier alpha value is -0.610. The highest BCUT2D eigenvalue weighted by atomic mass is 16.6. The summed E-state index contributed by atoms with van der Waals surface area (Å²) in [5, 5.41) is 0. The van der Waals surface area contributed by atoms with Gasteiger partial charge in [-0.3, -0.25) is 16.1 Å². The average Bonchev–Trinajstić information content (AvgIpc) is 1.94. The second kappa shape index (κ2) is 5.94. The van der Waals surface area contributed by atoms with Gasteiger partial charge in [-0.2, -0.15) is 0 Å². The summed E-state index contributed by atoms with van der Waals surface area (Å²) in [6.45, 7) is 6.34. The first-order valence-corrected chi connectivity index (χ1v) is 4.61. The Morgan fingerprint density at radius 3 is 2.46 bits per heavy atom. The molecule has 0 aliphatic heterocycles. The number of esters is 1. The summed E-state index contributed by atoms with van der Waals surface area (Å²) in [6.07, 6.45) is 2.19. The zero-order valence-corrected chi connectivity index (χ0v) is 8.72. The number of hydrazine groups is 1. The first-order chi connectivity index (χ1) is 5.95. The van der Waals surface area contributed by atoms with Crippen LogP contribution in [0, 0.1) is 0 Å². The van der Waals surface area contributed by atoms with E-state index >= 15 is 0 Å². The molecule has 78 valence electrons. The molecule has 0 aromatic heterocycles. The van der Waals surface area contributed by atoms with Gasteiger partial charge in [0.15, 0.2) is 0 Å². The van der Waals surface area contributed by atoms with Crippen molar-refractivity contribution in [1.29, 1.82) is 0 Å². The van der Waals surface area contributed by atoms with E-state index in [0.29, 0.717) is 6.42 Å². The largest absolute Gasteiger partial charge is 0.460 e. The van der Waals surface area contributed by atoms with Gasteiger partial charge in [0.25, 0.3) is 0 Å². The van der Waals surface area contributed by atoms with Crippen molar-refractivity contribution < 1.29 is 9.53 Å². The molecule has 3 N–H and O–H groups in total. The van der Waals surface area contributed by atoms with E-state index in [1.54, 1.807) is 0 Å². The minimum Gasteiger partial charge on any atom is -0.460 e. The van der Waals surface area contributed by atoms with Crippen molar-refractivity contribution in [3.63, 3.8) is 0 Å². The second-order valence-corrected chi connectivity index (χ2v) is 4.00. The van der Waals surface area contributed by atoms with E-state index in [9.17, 15) is 4.79 Å². The van der Waals surface area contributed by atoms with Crippen molar-refractivity contribution >= 4 is 5.97 Å². The molecule has 0 fully saturated rings. The normalized spacial score (nSPS) is 11.4. The van der Waals surface area contributed by atoms with Gasteiger partial charge < -0.3 is 4.74 Å². The number of hydrogen-bond donors (Lipinski definition) is 2. The van der Waals surface area contributed by atoms with Gasteiger partial charge in [0, 0.05) is 13.0 Å². The standard InChI is InChI=1S/C9H20N2O2/c1-9(2,3)13-8(12)6-4-5-7-11-10/h11H,4-7,10H2,1-3H3. The van der Waals surface area contributed by atoms with E-state index in [4.69, 9.17) is 10.6 Å². The molecule has 0 saturated carbocycles. The van der Waals surface area contributed by atoms with Crippen molar-refractivity contribution in [2.75, 3.05) is 6.54 Å². The van der Waals surface area contributed by atoms with Crippen LogP contribution in [-0.4, -0.2) is 18.1 Å². The van der Waals surface area contributed by atoms with Crippen molar-refractivity contribution in [3.05, 3.63) is 0 Å². The predicted octanol–water partition coefficient (Wildman–Crippen LogP) is 0.962. The van der Waals surface area contributed by atoms with Gasteiger partial charge in [-0.15, -0.1) is 0 Å². The van der Waals surface area contributed by atoms with Crippen LogP contribution in [-0.2, 0) is 9.53 Å². The molecule has 0 amide bonds. The van der Waals surface area contributed by atoms with E-state index < -0.39 is 0 Å². The Labute approximate surface area is 79.8 Å². The molecule has 0 heterocycles. The lowest BCUT2D eigenvalue weighted by Gasteiger charge is -2.19. The number of rotatable bonds is 5. The van der Waals surface area contributed by atoms with Crippen LogP contribution < -0.4 is 11.3 Å². The maximum atomic E-state index is 11.1. The first kappa shape index (κ1) is 12.4. The monoisotopic (exact) mass is 188 g/mol. The zero-order valence-electron chi connectivity index (χ0n) is 8.72. The zero-order chi connectivity index (χ0) is 10.3. The lowest BCUT2D eigenvalue weighted by molar-refractivity contribution is -0.154. The van der Waals surface area contributed by atoms with Crippen LogP contribution in [0.1, 0.15) is 40.0 Å². The molecule has 0 atom stereocenters. The SMILES string of the molecule is CC(C)(C)OC(=O)CCCCNN. The van der Waals surface area contributed by atoms with Gasteiger partial charge in [-0.1, -0.05) is 0 Å². The number of hydrogen-bond acceptors (Lipinski definition) is 4. The Kier molecular flexibility index (Phi) is 5.66. The van der Waals surface area contributed by atoms with Crippen LogP contribution in [0.2, 0.25) is 0 Å². The fourth-order valence-electron chi connectivity index (χ4n) is 0.889. The fourth-order valence-corrected chi connectivity index (χ4v) is 0.889. The van der Waals surface area contributed by atoms with Gasteiger partial charge in [0.05, 0.1) is 0 Å². The van der Waals surface area contributed by atoms with Gasteiger partial charge in [-0.05, 0) is 33.6 Å². The van der Waals surface area contributed by atoms with Gasteiger partial charge in [0.2, 0.25) is 0 Å². The highest BCUT2D eigenvalue weighted by Crippen LogP contribution is 2.09. The highest BCUT2D eigenvalue weighted by molar-refractivity contribution is 5.69. The molecule has 0 aromatic rings. The van der Waals surface area contributed by atoms with Crippen molar-refractivity contribution in [2.45, 2.75) is 45.6 Å². The van der Waals surface area contributed by atoms with Crippen LogP contribution in [0.15, 0.2) is 0 Å². The Morgan fingerprint density at radius 2 is 2.00 bits per heavy atom. The number of unbranched alkanes of at least 4 members (excludes halogenated alkanes) is 1. The molecule has 0 aliphatic rings. The molecular weight excluding hydrogens is 168 g/mol. The Balaban J connectivity index is 3.41. The molecule has 0 aliphatic carbocycles. The molecule has 0 spiro atoms. The minimum atomic E-state index is -0.372. The Morgan fingerprint density at radius 1 is 1.38 bits per heavy atom. The summed E-state index contributed by atoms with van der Waals surface area (Å²) in [5.41, 5.74) is 2.17. The minimum absolute atomic E-state index is 0.135. The molecule has 0 rings (SSSR count). The average molecular weight is 188 g/mol. The number of carbonyl (C=O) groups is 1. The molecule has 0 radical (unpaired) electrons. The molecule has 0 saturated heterocycles. The summed E-state index contributed by atoms with van der Waals surface area (Å²) in [5.74, 6) is 4.95. The van der Waals surface area contributed by atoms with Gasteiger partial charge in [-0.25, -0.2) is 0 Å². The smallest absolute Gasteiger partial charge is 0.306 e. The molecule has 13 heavy (non-hydrogen) atoms. The second-order valence-electron chi connectivity index (χ2n) is 4.00. The van der Waals surface area contributed by atoms with Crippen molar-refractivity contribution in [2.24, 2.45) is 5.84 Å². The molecule has 0 aromatic carbocycles. The van der Waals surface area contributed by atoms with E-state index in [0.717, 1.165) is 19.4 Å². The third-order valence-corrected chi connectivity index (χ3v) is 1.37. The van der Waals surface area contributed by atoms with Gasteiger partial charge >= 0.3 is 5.97 Å². The lowest BCUT2D eigenvalue weighted by Crippen LogP contribution is -2.25. The highest BCUT2D eigenvalue weighted by Gasteiger charge is 2.15. The van der Waals surface area contributed by atoms with Crippen LogP contribution >= 0.6 is 0 Å². The first-order valence-electron chi connectivity index (χ1n) is 4.61. The molecule has 0 bridgehead atoms. The van der Waals surface area contributed by atoms with E-state index in [2.05, 4.69) is 5.43 Å². The molecule has 0 unspecified atom stereocenters. The molecule has 4 heteroatoms. The summed E-state index contributed by atoms with van der Waals surface area (Å²) in [6, 6.07) is 0. The summed E-state index contributed by atoms with van der Waals surface area (Å²) >= 11 is 0. The van der Waals surface area contributed by atoms with Gasteiger partial charge in [0.1, 0.15) is 5.60 Å². The van der Waals surface area contributed by atoms with E-state index in [1.807, 2.05) is 20.8 Å². The van der Waals surface area contributed by atoms with E-state index in [-0.39, 0.29) is 11.6 Å². The van der Waals surface area contributed by atoms with Crippen LogP contribution in [0.4, 0.5) is 0 Å². The summed E-state index contributed by atoms with van der Waals surface area (Å²) in [4.78, 5) is 11.1. The van der Waals surface area contributed by atoms with Crippen molar-refractivity contribution in [1.82, 2.24) is 5.43 Å². The third-order valence-electron chi connectivity index (χ3n) is 1.37. The lowest BCUT2D eigenvalue weighted by atomic mass is 10.2. The maximum Gasteiger partial charge on any atom is 0.306 e. The fraction of sp³-hybridized carbons (Fsp3) is 0.889. The van der Waals surface area contributed by atoms with Crippen LogP contribution in [0.25, 0.3) is 0 Å². The van der Waals surface area contributed by atoms with Crippen LogP contribution in [0.3, 0.4) is 0 Å². The number of ether oxygens (including phenoxy) is 1.